The van der Waals surface area contributed by atoms with Crippen LogP contribution >= 0.6 is 0 Å². The van der Waals surface area contributed by atoms with Gasteiger partial charge in [0.25, 0.3) is 0 Å². The highest BCUT2D eigenvalue weighted by atomic mass is 16.5. The number of carbonyl (C=O) groups is 1. The number of ether oxygens (including phenoxy) is 2. The van der Waals surface area contributed by atoms with Gasteiger partial charge in [0.05, 0.1) is 24.8 Å². The van der Waals surface area contributed by atoms with Crippen molar-refractivity contribution in [3.8, 4) is 5.75 Å². The summed E-state index contributed by atoms with van der Waals surface area (Å²) < 4.78 is 10.7. The molecule has 0 spiro atoms. The third-order valence-corrected chi connectivity index (χ3v) is 5.42. The van der Waals surface area contributed by atoms with Crippen LogP contribution in [-0.4, -0.2) is 19.2 Å². The fourth-order valence-electron chi connectivity index (χ4n) is 4.20. The van der Waals surface area contributed by atoms with E-state index in [1.165, 1.54) is 11.1 Å². The molecule has 0 unspecified atom stereocenters. The van der Waals surface area contributed by atoms with Crippen molar-refractivity contribution < 1.29 is 14.3 Å². The number of nitrogens with one attached hydrogen (secondary N) is 1. The van der Waals surface area contributed by atoms with Gasteiger partial charge in [-0.05, 0) is 67.6 Å². The van der Waals surface area contributed by atoms with Gasteiger partial charge in [-0.1, -0.05) is 24.3 Å². The second-order valence-corrected chi connectivity index (χ2v) is 7.00. The van der Waals surface area contributed by atoms with E-state index in [0.717, 1.165) is 17.9 Å². The first-order chi connectivity index (χ1) is 13.2. The van der Waals surface area contributed by atoms with Crippen LogP contribution in [-0.2, 0) is 4.74 Å². The molecule has 0 radical (unpaired) electrons. The van der Waals surface area contributed by atoms with Crippen molar-refractivity contribution >= 4 is 11.7 Å². The van der Waals surface area contributed by atoms with Crippen molar-refractivity contribution in [2.45, 2.75) is 32.2 Å². The lowest BCUT2D eigenvalue weighted by Gasteiger charge is -2.37. The Morgan fingerprint density at radius 3 is 2.67 bits per heavy atom. The van der Waals surface area contributed by atoms with Gasteiger partial charge in [-0.2, -0.15) is 0 Å². The zero-order chi connectivity index (χ0) is 18.8. The minimum Gasteiger partial charge on any atom is -0.494 e. The van der Waals surface area contributed by atoms with Crippen LogP contribution in [0.25, 0.3) is 0 Å². The first-order valence-corrected chi connectivity index (χ1v) is 9.68. The SMILES string of the molecule is CCOC(=O)c1ccc2c(c1)[C@@H]1C=CC[C@@H]1[C@H](c1ccc(OCC)cc1)N2. The summed E-state index contributed by atoms with van der Waals surface area (Å²) in [5, 5.41) is 3.70. The van der Waals surface area contributed by atoms with Gasteiger partial charge in [0.15, 0.2) is 0 Å². The maximum absolute atomic E-state index is 12.1. The molecule has 140 valence electrons. The second kappa shape index (κ2) is 7.47. The molecule has 1 N–H and O–H groups in total. The van der Waals surface area contributed by atoms with E-state index < -0.39 is 0 Å². The zero-order valence-corrected chi connectivity index (χ0v) is 15.8. The molecule has 0 saturated heterocycles. The predicted octanol–water partition coefficient (Wildman–Crippen LogP) is 5.09. The van der Waals surface area contributed by atoms with Crippen molar-refractivity contribution in [3.63, 3.8) is 0 Å². The molecule has 1 heterocycles. The third kappa shape index (κ3) is 3.32. The molecule has 2 aliphatic rings. The van der Waals surface area contributed by atoms with Gasteiger partial charge in [-0.25, -0.2) is 4.79 Å². The molecule has 4 rings (SSSR count). The Hall–Kier alpha value is -2.75. The number of hydrogen-bond donors (Lipinski definition) is 1. The molecular weight excluding hydrogens is 338 g/mol. The molecular formula is C23H25NO3. The largest absolute Gasteiger partial charge is 0.494 e. The number of esters is 1. The smallest absolute Gasteiger partial charge is 0.338 e. The maximum Gasteiger partial charge on any atom is 0.338 e. The number of benzene rings is 2. The van der Waals surface area contributed by atoms with E-state index in [1.54, 1.807) is 0 Å². The van der Waals surface area contributed by atoms with Crippen LogP contribution in [0, 0.1) is 5.92 Å². The van der Waals surface area contributed by atoms with Gasteiger partial charge < -0.3 is 14.8 Å². The Morgan fingerprint density at radius 1 is 1.11 bits per heavy atom. The molecule has 4 nitrogen and oxygen atoms in total. The van der Waals surface area contributed by atoms with E-state index in [0.29, 0.717) is 30.6 Å². The monoisotopic (exact) mass is 363 g/mol. The first-order valence-electron chi connectivity index (χ1n) is 9.68. The fraction of sp³-hybridized carbons (Fsp3) is 0.348. The van der Waals surface area contributed by atoms with E-state index in [9.17, 15) is 4.79 Å². The molecule has 27 heavy (non-hydrogen) atoms. The van der Waals surface area contributed by atoms with Gasteiger partial charge in [0.1, 0.15) is 5.75 Å². The number of hydrogen-bond acceptors (Lipinski definition) is 4. The Bertz CT molecular complexity index is 856. The molecule has 1 aliphatic heterocycles. The number of rotatable bonds is 5. The summed E-state index contributed by atoms with van der Waals surface area (Å²) in [6, 6.07) is 14.5. The quantitative estimate of drug-likeness (QED) is 0.594. The van der Waals surface area contributed by atoms with Gasteiger partial charge in [0, 0.05) is 11.6 Å². The Labute approximate surface area is 160 Å². The van der Waals surface area contributed by atoms with Crippen LogP contribution in [0.2, 0.25) is 0 Å². The lowest BCUT2D eigenvalue weighted by atomic mass is 9.76. The van der Waals surface area contributed by atoms with E-state index >= 15 is 0 Å². The van der Waals surface area contributed by atoms with Crippen molar-refractivity contribution in [2.24, 2.45) is 5.92 Å². The average Bonchev–Trinajstić information content (AvgIpc) is 3.18. The molecule has 0 saturated carbocycles. The predicted molar refractivity (Wildman–Crippen MR) is 106 cm³/mol. The summed E-state index contributed by atoms with van der Waals surface area (Å²) in [4.78, 5) is 12.1. The lowest BCUT2D eigenvalue weighted by molar-refractivity contribution is 0.0526. The molecule has 2 aromatic carbocycles. The van der Waals surface area contributed by atoms with Gasteiger partial charge in [-0.15, -0.1) is 0 Å². The van der Waals surface area contributed by atoms with E-state index in [1.807, 2.05) is 44.2 Å². The average molecular weight is 363 g/mol. The molecule has 0 amide bonds. The normalized spacial score (nSPS) is 22.5. The highest BCUT2D eigenvalue weighted by Gasteiger charge is 2.38. The zero-order valence-electron chi connectivity index (χ0n) is 15.8. The lowest BCUT2D eigenvalue weighted by Crippen LogP contribution is -2.29. The second-order valence-electron chi connectivity index (χ2n) is 7.00. The fourth-order valence-corrected chi connectivity index (χ4v) is 4.20. The highest BCUT2D eigenvalue weighted by molar-refractivity contribution is 5.90. The summed E-state index contributed by atoms with van der Waals surface area (Å²) >= 11 is 0. The Morgan fingerprint density at radius 2 is 1.93 bits per heavy atom. The molecule has 2 aromatic rings. The van der Waals surface area contributed by atoms with Gasteiger partial charge in [-0.3, -0.25) is 0 Å². The topological polar surface area (TPSA) is 47.6 Å². The highest BCUT2D eigenvalue weighted by Crippen LogP contribution is 2.50. The summed E-state index contributed by atoms with van der Waals surface area (Å²) in [6.07, 6.45) is 5.56. The van der Waals surface area contributed by atoms with E-state index in [-0.39, 0.29) is 12.0 Å². The molecule has 0 aromatic heterocycles. The summed E-state index contributed by atoms with van der Waals surface area (Å²) in [5.41, 5.74) is 4.16. The summed E-state index contributed by atoms with van der Waals surface area (Å²) in [6.45, 7) is 4.88. The van der Waals surface area contributed by atoms with E-state index in [4.69, 9.17) is 9.47 Å². The first kappa shape index (κ1) is 17.7. The Kier molecular flexibility index (Phi) is 4.88. The maximum atomic E-state index is 12.1. The van der Waals surface area contributed by atoms with Gasteiger partial charge >= 0.3 is 5.97 Å². The van der Waals surface area contributed by atoms with Crippen LogP contribution in [0.15, 0.2) is 54.6 Å². The summed E-state index contributed by atoms with van der Waals surface area (Å²) in [5.74, 6) is 1.39. The van der Waals surface area contributed by atoms with Crippen LogP contribution in [0.3, 0.4) is 0 Å². The minimum atomic E-state index is -0.257. The number of anilines is 1. The van der Waals surface area contributed by atoms with Crippen LogP contribution < -0.4 is 10.1 Å². The molecule has 1 aliphatic carbocycles. The molecule has 0 bridgehead atoms. The molecule has 0 fully saturated rings. The van der Waals surface area contributed by atoms with Crippen molar-refractivity contribution in [2.75, 3.05) is 18.5 Å². The van der Waals surface area contributed by atoms with E-state index in [2.05, 4.69) is 29.6 Å². The number of allylic oxidation sites excluding steroid dienone is 2. The van der Waals surface area contributed by atoms with Gasteiger partial charge in [0.2, 0.25) is 0 Å². The molecule has 3 atom stereocenters. The van der Waals surface area contributed by atoms with Crippen LogP contribution in [0.5, 0.6) is 5.75 Å². The minimum absolute atomic E-state index is 0.238. The van der Waals surface area contributed by atoms with Crippen LogP contribution in [0.4, 0.5) is 5.69 Å². The standard InChI is InChI=1S/C23H25NO3/c1-3-26-17-11-8-15(9-12-17)22-19-7-5-6-18(19)20-14-16(23(25)27-4-2)10-13-21(20)24-22/h5-6,8-14,18-19,22,24H,3-4,7H2,1-2H3/t18-,19+,22+/m1/s1. The van der Waals surface area contributed by atoms with Crippen LogP contribution in [0.1, 0.15) is 53.7 Å². The molecule has 4 heteroatoms. The Balaban J connectivity index is 1.65. The number of fused-ring (bicyclic) bond motifs is 3. The summed E-state index contributed by atoms with van der Waals surface area (Å²) in [7, 11) is 0. The van der Waals surface area contributed by atoms with Crippen molar-refractivity contribution in [3.05, 3.63) is 71.3 Å². The third-order valence-electron chi connectivity index (χ3n) is 5.42. The van der Waals surface area contributed by atoms with Crippen molar-refractivity contribution in [1.29, 1.82) is 0 Å². The number of carbonyl (C=O) groups excluding carboxylic acids is 1. The van der Waals surface area contributed by atoms with Crippen molar-refractivity contribution in [1.82, 2.24) is 0 Å².